The first kappa shape index (κ1) is 12.6. The van der Waals surface area contributed by atoms with Gasteiger partial charge in [-0.05, 0) is 29.7 Å². The van der Waals surface area contributed by atoms with Crippen LogP contribution in [0.5, 0.6) is 0 Å². The summed E-state index contributed by atoms with van der Waals surface area (Å²) in [6.45, 7) is 0.619. The van der Waals surface area contributed by atoms with E-state index in [1.807, 2.05) is 12.1 Å². The molecule has 3 rings (SSSR count). The van der Waals surface area contributed by atoms with Crippen LogP contribution in [0.15, 0.2) is 36.4 Å². The molecule has 1 unspecified atom stereocenters. The van der Waals surface area contributed by atoms with Crippen LogP contribution in [0.4, 0.5) is 5.82 Å². The van der Waals surface area contributed by atoms with E-state index < -0.39 is 0 Å². The topological polar surface area (TPSA) is 92.9 Å². The van der Waals surface area contributed by atoms with Crippen LogP contribution in [-0.4, -0.2) is 22.6 Å². The number of benzene rings is 1. The normalized spacial score (nSPS) is 15.9. The average molecular weight is 269 g/mol. The summed E-state index contributed by atoms with van der Waals surface area (Å²) >= 11 is 0. The number of amides is 1. The van der Waals surface area contributed by atoms with Gasteiger partial charge in [-0.1, -0.05) is 24.3 Å². The SMILES string of the molecule is NNc1ccc(C(=O)NCC2Cc3ccccc32)nn1. The lowest BCUT2D eigenvalue weighted by Gasteiger charge is -2.30. The van der Waals surface area contributed by atoms with Crippen molar-refractivity contribution in [2.45, 2.75) is 12.3 Å². The molecule has 0 saturated carbocycles. The first-order valence-electron chi connectivity index (χ1n) is 6.44. The summed E-state index contributed by atoms with van der Waals surface area (Å²) in [4.78, 5) is 11.9. The fourth-order valence-corrected chi connectivity index (χ4v) is 2.38. The predicted octanol–water partition coefficient (Wildman–Crippen LogP) is 0.832. The summed E-state index contributed by atoms with van der Waals surface area (Å²) in [6, 6.07) is 11.5. The zero-order valence-electron chi connectivity index (χ0n) is 10.8. The van der Waals surface area contributed by atoms with Gasteiger partial charge in [0, 0.05) is 12.5 Å². The Kier molecular flexibility index (Phi) is 3.30. The molecule has 1 heterocycles. The molecule has 0 aliphatic heterocycles. The molecule has 4 N–H and O–H groups in total. The summed E-state index contributed by atoms with van der Waals surface area (Å²) in [5.74, 6) is 5.80. The van der Waals surface area contributed by atoms with Crippen molar-refractivity contribution in [3.8, 4) is 0 Å². The molecule has 102 valence electrons. The molecule has 1 aliphatic rings. The number of fused-ring (bicyclic) bond motifs is 1. The van der Waals surface area contributed by atoms with Crippen LogP contribution in [0.25, 0.3) is 0 Å². The number of hydrogen-bond acceptors (Lipinski definition) is 5. The number of nitrogens with two attached hydrogens (primary N) is 1. The minimum Gasteiger partial charge on any atom is -0.350 e. The number of rotatable bonds is 4. The van der Waals surface area contributed by atoms with Crippen molar-refractivity contribution in [3.63, 3.8) is 0 Å². The number of aromatic nitrogens is 2. The molecule has 1 aromatic heterocycles. The average Bonchev–Trinajstić information content (AvgIpc) is 2.48. The summed E-state index contributed by atoms with van der Waals surface area (Å²) in [5, 5.41) is 10.5. The molecule has 1 amide bonds. The first-order valence-corrected chi connectivity index (χ1v) is 6.44. The summed E-state index contributed by atoms with van der Waals surface area (Å²) in [6.07, 6.45) is 1.01. The Bertz CT molecular complexity index is 626. The van der Waals surface area contributed by atoms with Gasteiger partial charge in [-0.2, -0.15) is 0 Å². The van der Waals surface area contributed by atoms with E-state index >= 15 is 0 Å². The third-order valence-electron chi connectivity index (χ3n) is 3.52. The van der Waals surface area contributed by atoms with Crippen molar-refractivity contribution in [1.82, 2.24) is 15.5 Å². The molecule has 6 nitrogen and oxygen atoms in total. The molecule has 20 heavy (non-hydrogen) atoms. The molecule has 0 radical (unpaired) electrons. The van der Waals surface area contributed by atoms with Gasteiger partial charge in [0.1, 0.15) is 0 Å². The van der Waals surface area contributed by atoms with E-state index in [-0.39, 0.29) is 11.6 Å². The van der Waals surface area contributed by atoms with Crippen molar-refractivity contribution in [1.29, 1.82) is 0 Å². The summed E-state index contributed by atoms with van der Waals surface area (Å²) in [5.41, 5.74) is 5.34. The number of carbonyl (C=O) groups is 1. The fraction of sp³-hybridized carbons (Fsp3) is 0.214. The monoisotopic (exact) mass is 269 g/mol. The second kappa shape index (κ2) is 5.26. The number of carbonyl (C=O) groups excluding carboxylic acids is 1. The second-order valence-electron chi connectivity index (χ2n) is 4.76. The van der Waals surface area contributed by atoms with E-state index in [0.29, 0.717) is 18.3 Å². The molecule has 0 saturated heterocycles. The van der Waals surface area contributed by atoms with Gasteiger partial charge in [0.15, 0.2) is 11.5 Å². The highest BCUT2D eigenvalue weighted by Gasteiger charge is 2.25. The van der Waals surface area contributed by atoms with Gasteiger partial charge >= 0.3 is 0 Å². The predicted molar refractivity (Wildman–Crippen MR) is 75.1 cm³/mol. The first-order chi connectivity index (χ1) is 9.78. The summed E-state index contributed by atoms with van der Waals surface area (Å²) in [7, 11) is 0. The number of nitrogens with one attached hydrogen (secondary N) is 2. The highest BCUT2D eigenvalue weighted by molar-refractivity contribution is 5.92. The summed E-state index contributed by atoms with van der Waals surface area (Å²) < 4.78 is 0. The largest absolute Gasteiger partial charge is 0.350 e. The lowest BCUT2D eigenvalue weighted by Crippen LogP contribution is -2.33. The van der Waals surface area contributed by atoms with Crippen LogP contribution in [-0.2, 0) is 6.42 Å². The molecule has 0 fully saturated rings. The minimum absolute atomic E-state index is 0.217. The van der Waals surface area contributed by atoms with Crippen molar-refractivity contribution < 1.29 is 4.79 Å². The van der Waals surface area contributed by atoms with Gasteiger partial charge in [0.2, 0.25) is 0 Å². The number of anilines is 1. The second-order valence-corrected chi connectivity index (χ2v) is 4.76. The minimum atomic E-state index is -0.217. The van der Waals surface area contributed by atoms with Crippen molar-refractivity contribution in [2.75, 3.05) is 12.0 Å². The molecule has 2 aromatic rings. The van der Waals surface area contributed by atoms with Crippen molar-refractivity contribution in [2.24, 2.45) is 5.84 Å². The molecule has 1 aromatic carbocycles. The number of nitrogens with zero attached hydrogens (tertiary/aromatic N) is 2. The van der Waals surface area contributed by atoms with Gasteiger partial charge in [0.25, 0.3) is 5.91 Å². The fourth-order valence-electron chi connectivity index (χ4n) is 2.38. The van der Waals surface area contributed by atoms with Crippen molar-refractivity contribution >= 4 is 11.7 Å². The van der Waals surface area contributed by atoms with Gasteiger partial charge in [0.05, 0.1) is 0 Å². The van der Waals surface area contributed by atoms with E-state index in [4.69, 9.17) is 5.84 Å². The standard InChI is InChI=1S/C14H15N5O/c15-17-13-6-5-12(18-19-13)14(20)16-8-10-7-9-3-1-2-4-11(9)10/h1-6,10H,7-8,15H2,(H,16,20)(H,17,19). The smallest absolute Gasteiger partial charge is 0.271 e. The Hall–Kier alpha value is -2.47. The lowest BCUT2D eigenvalue weighted by molar-refractivity contribution is 0.0944. The van der Waals surface area contributed by atoms with E-state index in [2.05, 4.69) is 33.1 Å². The Morgan fingerprint density at radius 2 is 2.10 bits per heavy atom. The van der Waals surface area contributed by atoms with Gasteiger partial charge < -0.3 is 10.7 Å². The highest BCUT2D eigenvalue weighted by atomic mass is 16.1. The Balaban J connectivity index is 1.58. The van der Waals surface area contributed by atoms with Gasteiger partial charge in [-0.3, -0.25) is 4.79 Å². The van der Waals surface area contributed by atoms with Crippen molar-refractivity contribution in [3.05, 3.63) is 53.2 Å². The number of nitrogen functional groups attached to an aromatic ring is 1. The molecule has 6 heteroatoms. The van der Waals surface area contributed by atoms with Crippen LogP contribution in [0.2, 0.25) is 0 Å². The Morgan fingerprint density at radius 3 is 2.80 bits per heavy atom. The third-order valence-corrected chi connectivity index (χ3v) is 3.52. The van der Waals surface area contributed by atoms with Crippen LogP contribution in [0, 0.1) is 0 Å². The van der Waals surface area contributed by atoms with E-state index in [9.17, 15) is 4.79 Å². The van der Waals surface area contributed by atoms with E-state index in [1.165, 1.54) is 11.1 Å². The van der Waals surface area contributed by atoms with Crippen LogP contribution in [0.3, 0.4) is 0 Å². The molecule has 0 spiro atoms. The quantitative estimate of drug-likeness (QED) is 0.565. The Morgan fingerprint density at radius 1 is 1.25 bits per heavy atom. The number of hydrogen-bond donors (Lipinski definition) is 3. The zero-order chi connectivity index (χ0) is 13.9. The maximum Gasteiger partial charge on any atom is 0.271 e. The number of hydrazine groups is 1. The van der Waals surface area contributed by atoms with E-state index in [0.717, 1.165) is 6.42 Å². The molecule has 0 bridgehead atoms. The lowest BCUT2D eigenvalue weighted by atomic mass is 9.77. The van der Waals surface area contributed by atoms with Crippen LogP contribution < -0.4 is 16.6 Å². The molecular weight excluding hydrogens is 254 g/mol. The van der Waals surface area contributed by atoms with Crippen LogP contribution >= 0.6 is 0 Å². The van der Waals surface area contributed by atoms with Gasteiger partial charge in [-0.25, -0.2) is 5.84 Å². The third kappa shape index (κ3) is 2.33. The van der Waals surface area contributed by atoms with Crippen LogP contribution in [0.1, 0.15) is 27.5 Å². The van der Waals surface area contributed by atoms with E-state index in [1.54, 1.807) is 12.1 Å². The molecule has 1 aliphatic carbocycles. The zero-order valence-corrected chi connectivity index (χ0v) is 10.8. The Labute approximate surface area is 116 Å². The molecule has 1 atom stereocenters. The van der Waals surface area contributed by atoms with Gasteiger partial charge in [-0.15, -0.1) is 10.2 Å². The highest BCUT2D eigenvalue weighted by Crippen LogP contribution is 2.33. The molecular formula is C14H15N5O. The maximum absolute atomic E-state index is 11.9. The maximum atomic E-state index is 11.9.